The van der Waals surface area contributed by atoms with Crippen LogP contribution in [0.15, 0.2) is 66.2 Å². The van der Waals surface area contributed by atoms with Crippen molar-refractivity contribution in [3.63, 3.8) is 0 Å². The van der Waals surface area contributed by atoms with Crippen LogP contribution in [0, 0.1) is 0 Å². The third-order valence-electron chi connectivity index (χ3n) is 5.84. The van der Waals surface area contributed by atoms with Crippen molar-refractivity contribution in [2.45, 2.75) is 31.1 Å². The van der Waals surface area contributed by atoms with E-state index in [9.17, 15) is 13.2 Å². The zero-order chi connectivity index (χ0) is 22.2. The Morgan fingerprint density at radius 3 is 2.71 bits per heavy atom. The molecule has 1 amide bonds. The lowest BCUT2D eigenvalue weighted by Crippen LogP contribution is -2.41. The van der Waals surface area contributed by atoms with Gasteiger partial charge >= 0.3 is 0 Å². The Morgan fingerprint density at radius 2 is 2.03 bits per heavy atom. The van der Waals surface area contributed by atoms with Crippen molar-refractivity contribution in [2.75, 3.05) is 18.0 Å². The molecule has 7 nitrogen and oxygen atoms in total. The fourth-order valence-corrected chi connectivity index (χ4v) is 5.88. The highest BCUT2D eigenvalue weighted by molar-refractivity contribution is 7.90. The third kappa shape index (κ3) is 3.72. The Balaban J connectivity index is 1.62. The van der Waals surface area contributed by atoms with Gasteiger partial charge < -0.3 is 10.6 Å². The molecule has 31 heavy (non-hydrogen) atoms. The molecule has 2 aromatic carbocycles. The molecule has 162 valence electrons. The number of carbonyl (C=O) groups excluding carboxylic acids is 1. The molecule has 2 atom stereocenters. The maximum absolute atomic E-state index is 13.5. The first-order valence-electron chi connectivity index (χ1n) is 10.3. The van der Waals surface area contributed by atoms with E-state index in [0.717, 1.165) is 16.8 Å². The summed E-state index contributed by atoms with van der Waals surface area (Å²) in [6.45, 7) is 6.38. The van der Waals surface area contributed by atoms with E-state index >= 15 is 0 Å². The fourth-order valence-electron chi connectivity index (χ4n) is 4.22. The second-order valence-electron chi connectivity index (χ2n) is 7.68. The Labute approximate surface area is 182 Å². The average molecular weight is 439 g/mol. The number of fused-ring (bicyclic) bond motifs is 1. The van der Waals surface area contributed by atoms with E-state index in [2.05, 4.69) is 11.6 Å². The number of sulfonamides is 1. The summed E-state index contributed by atoms with van der Waals surface area (Å²) < 4.78 is 28.2. The second kappa shape index (κ2) is 8.19. The minimum absolute atomic E-state index is 0.0124. The summed E-state index contributed by atoms with van der Waals surface area (Å²) in [6, 6.07) is 14.6. The lowest BCUT2D eigenvalue weighted by molar-refractivity contribution is -0.118. The smallest absolute Gasteiger partial charge is 0.248 e. The monoisotopic (exact) mass is 438 g/mol. The molecular weight excluding hydrogens is 412 g/mol. The van der Waals surface area contributed by atoms with E-state index in [-0.39, 0.29) is 24.5 Å². The summed E-state index contributed by atoms with van der Waals surface area (Å²) in [6.07, 6.45) is 2.55. The van der Waals surface area contributed by atoms with E-state index in [1.54, 1.807) is 11.0 Å². The third-order valence-corrected chi connectivity index (χ3v) is 7.90. The zero-order valence-electron chi connectivity index (χ0n) is 17.4. The average Bonchev–Trinajstić information content (AvgIpc) is 3.38. The lowest BCUT2D eigenvalue weighted by atomic mass is 10.1. The number of anilines is 1. The Bertz CT molecular complexity index is 1140. The van der Waals surface area contributed by atoms with Crippen molar-refractivity contribution >= 4 is 27.6 Å². The number of guanidine groups is 1. The van der Waals surface area contributed by atoms with Crippen molar-refractivity contribution in [1.29, 1.82) is 0 Å². The van der Waals surface area contributed by atoms with Crippen molar-refractivity contribution in [1.82, 2.24) is 4.31 Å². The molecule has 2 aliphatic rings. The summed E-state index contributed by atoms with van der Waals surface area (Å²) in [4.78, 5) is 18.3. The number of benzene rings is 2. The van der Waals surface area contributed by atoms with Gasteiger partial charge in [0.1, 0.15) is 5.25 Å². The molecule has 2 aliphatic heterocycles. The van der Waals surface area contributed by atoms with E-state index in [4.69, 9.17) is 5.73 Å². The van der Waals surface area contributed by atoms with Crippen LogP contribution < -0.4 is 10.6 Å². The summed E-state index contributed by atoms with van der Waals surface area (Å²) in [5, 5.41) is -0.961. The molecule has 0 spiro atoms. The van der Waals surface area contributed by atoms with Crippen LogP contribution in [0.5, 0.6) is 0 Å². The highest BCUT2D eigenvalue weighted by Gasteiger charge is 2.38. The highest BCUT2D eigenvalue weighted by Crippen LogP contribution is 2.36. The molecule has 0 saturated carbocycles. The predicted molar refractivity (Wildman–Crippen MR) is 122 cm³/mol. The van der Waals surface area contributed by atoms with Crippen LogP contribution in [-0.2, 0) is 21.2 Å². The van der Waals surface area contributed by atoms with Crippen LogP contribution >= 0.6 is 0 Å². The van der Waals surface area contributed by atoms with E-state index in [0.29, 0.717) is 24.9 Å². The molecule has 8 heteroatoms. The summed E-state index contributed by atoms with van der Waals surface area (Å²) in [7, 11) is -3.87. The quantitative estimate of drug-likeness (QED) is 0.702. The number of carbonyl (C=O) groups is 1. The van der Waals surface area contributed by atoms with Crippen molar-refractivity contribution in [2.24, 2.45) is 10.7 Å². The largest absolute Gasteiger partial charge is 0.369 e. The van der Waals surface area contributed by atoms with Crippen molar-refractivity contribution in [3.8, 4) is 0 Å². The molecular formula is C23H26N4O3S. The van der Waals surface area contributed by atoms with E-state index < -0.39 is 15.3 Å². The van der Waals surface area contributed by atoms with Gasteiger partial charge in [0.25, 0.3) is 0 Å². The SMILES string of the molecule is C=CC(c1ccc2c(c1)CCN2C(=O)CC)S(=O)(=O)N1CC(c2ccccc2)N=C1N. The minimum Gasteiger partial charge on any atom is -0.369 e. The van der Waals surface area contributed by atoms with Gasteiger partial charge in [0.2, 0.25) is 21.9 Å². The topological polar surface area (TPSA) is 96.1 Å². The van der Waals surface area contributed by atoms with Crippen LogP contribution in [0.2, 0.25) is 0 Å². The van der Waals surface area contributed by atoms with Gasteiger partial charge in [-0.15, -0.1) is 6.58 Å². The highest BCUT2D eigenvalue weighted by atomic mass is 32.2. The molecule has 2 heterocycles. The van der Waals surface area contributed by atoms with Gasteiger partial charge in [0.05, 0.1) is 12.6 Å². The Hall–Kier alpha value is -3.13. The predicted octanol–water partition coefficient (Wildman–Crippen LogP) is 2.91. The Kier molecular flexibility index (Phi) is 5.58. The first-order valence-corrected chi connectivity index (χ1v) is 11.8. The molecule has 4 rings (SSSR count). The zero-order valence-corrected chi connectivity index (χ0v) is 18.3. The summed E-state index contributed by atoms with van der Waals surface area (Å²) in [5.41, 5.74) is 9.37. The van der Waals surface area contributed by atoms with Gasteiger partial charge in [0, 0.05) is 18.7 Å². The van der Waals surface area contributed by atoms with Crippen LogP contribution in [0.4, 0.5) is 5.69 Å². The molecule has 0 bridgehead atoms. The minimum atomic E-state index is -3.87. The fraction of sp³-hybridized carbons (Fsp3) is 0.304. The van der Waals surface area contributed by atoms with Crippen LogP contribution in [-0.4, -0.2) is 37.7 Å². The normalized spacial score (nSPS) is 19.1. The molecule has 0 radical (unpaired) electrons. The number of aliphatic imine (C=N–C) groups is 1. The molecule has 0 aromatic heterocycles. The van der Waals surface area contributed by atoms with Crippen LogP contribution in [0.3, 0.4) is 0 Å². The molecule has 2 aromatic rings. The number of nitrogens with zero attached hydrogens (tertiary/aromatic N) is 3. The first kappa shape index (κ1) is 21.1. The number of hydrogen-bond donors (Lipinski definition) is 1. The molecule has 0 fully saturated rings. The first-order chi connectivity index (χ1) is 14.9. The summed E-state index contributed by atoms with van der Waals surface area (Å²) in [5.74, 6) is 0.0500. The van der Waals surface area contributed by atoms with Crippen molar-refractivity contribution in [3.05, 3.63) is 77.9 Å². The number of hydrogen-bond acceptors (Lipinski definition) is 5. The number of amides is 1. The molecule has 0 saturated heterocycles. The maximum atomic E-state index is 13.5. The van der Waals surface area contributed by atoms with Crippen LogP contribution in [0.1, 0.15) is 41.3 Å². The maximum Gasteiger partial charge on any atom is 0.248 e. The van der Waals surface area contributed by atoms with Gasteiger partial charge in [-0.05, 0) is 29.2 Å². The second-order valence-corrected chi connectivity index (χ2v) is 9.66. The van der Waals surface area contributed by atoms with E-state index in [1.165, 1.54) is 10.4 Å². The van der Waals surface area contributed by atoms with Gasteiger partial charge in [-0.3, -0.25) is 4.79 Å². The van der Waals surface area contributed by atoms with Crippen LogP contribution in [0.25, 0.3) is 0 Å². The molecule has 2 N–H and O–H groups in total. The number of nitrogens with two attached hydrogens (primary N) is 1. The lowest BCUT2D eigenvalue weighted by Gasteiger charge is -2.24. The molecule has 0 aliphatic carbocycles. The van der Waals surface area contributed by atoms with Gasteiger partial charge in [-0.2, -0.15) is 0 Å². The van der Waals surface area contributed by atoms with Gasteiger partial charge in [-0.1, -0.05) is 55.5 Å². The number of rotatable bonds is 6. The Morgan fingerprint density at radius 1 is 1.29 bits per heavy atom. The summed E-state index contributed by atoms with van der Waals surface area (Å²) >= 11 is 0. The molecule has 2 unspecified atom stereocenters. The standard InChI is InChI=1S/C23H26N4O3S/c1-3-21(18-10-11-20-17(14-18)12-13-26(20)22(28)4-2)31(29,30)27-15-19(25-23(27)24)16-8-6-5-7-9-16/h3,5-11,14,19,21H,1,4,12-13,15H2,2H3,(H2,24,25). The van der Waals surface area contributed by atoms with Gasteiger partial charge in [-0.25, -0.2) is 17.7 Å². The van der Waals surface area contributed by atoms with Gasteiger partial charge in [0.15, 0.2) is 0 Å². The van der Waals surface area contributed by atoms with E-state index in [1.807, 2.05) is 49.4 Å². The van der Waals surface area contributed by atoms with Crippen molar-refractivity contribution < 1.29 is 13.2 Å².